The number of hydrogen-bond acceptors (Lipinski definition) is 8. The Morgan fingerprint density at radius 1 is 1.17 bits per heavy atom. The summed E-state index contributed by atoms with van der Waals surface area (Å²) in [5.74, 6) is 1.13. The van der Waals surface area contributed by atoms with Crippen molar-refractivity contribution in [2.75, 3.05) is 39.8 Å². The maximum atomic E-state index is 13.1. The zero-order valence-electron chi connectivity index (χ0n) is 16.7. The van der Waals surface area contributed by atoms with E-state index in [0.29, 0.717) is 47.5 Å². The van der Waals surface area contributed by atoms with Gasteiger partial charge in [0.05, 0.1) is 40.2 Å². The molecule has 29 heavy (non-hydrogen) atoms. The lowest BCUT2D eigenvalue weighted by atomic mass is 10.1. The molecule has 0 unspecified atom stereocenters. The Bertz CT molecular complexity index is 888. The number of rotatable bonds is 6. The summed E-state index contributed by atoms with van der Waals surface area (Å²) in [5, 5.41) is 3.08. The number of thiazole rings is 1. The van der Waals surface area contributed by atoms with Crippen molar-refractivity contribution >= 4 is 28.5 Å². The fraction of sp³-hybridized carbons (Fsp3) is 0.421. The zero-order valence-corrected chi connectivity index (χ0v) is 17.6. The summed E-state index contributed by atoms with van der Waals surface area (Å²) in [4.78, 5) is 31.8. The van der Waals surface area contributed by atoms with Crippen LogP contribution in [0.1, 0.15) is 27.9 Å². The molecule has 2 heterocycles. The Morgan fingerprint density at radius 3 is 2.45 bits per heavy atom. The number of nitrogens with one attached hydrogen (secondary N) is 1. The quantitative estimate of drug-likeness (QED) is 0.765. The number of fused-ring (bicyclic) bond motifs is 1. The lowest BCUT2D eigenvalue weighted by molar-refractivity contribution is 0.0735. The number of aromatic nitrogens is 1. The Labute approximate surface area is 172 Å². The second-order valence-electron chi connectivity index (χ2n) is 6.13. The van der Waals surface area contributed by atoms with Gasteiger partial charge in [-0.1, -0.05) is 11.3 Å². The highest BCUT2D eigenvalue weighted by atomic mass is 32.1. The molecule has 0 radical (unpaired) electrons. The van der Waals surface area contributed by atoms with Crippen molar-refractivity contribution in [1.29, 1.82) is 0 Å². The van der Waals surface area contributed by atoms with Crippen molar-refractivity contribution in [3.05, 3.63) is 28.3 Å². The molecule has 1 aromatic heterocycles. The molecule has 0 fully saturated rings. The van der Waals surface area contributed by atoms with Gasteiger partial charge in [-0.15, -0.1) is 0 Å². The Morgan fingerprint density at radius 2 is 1.86 bits per heavy atom. The van der Waals surface area contributed by atoms with E-state index in [0.717, 1.165) is 10.6 Å². The average molecular weight is 421 g/mol. The minimum absolute atomic E-state index is 0.150. The van der Waals surface area contributed by atoms with E-state index in [4.69, 9.17) is 18.9 Å². The molecular formula is C19H23N3O6S. The number of amides is 2. The van der Waals surface area contributed by atoms with Crippen LogP contribution in [0.2, 0.25) is 0 Å². The summed E-state index contributed by atoms with van der Waals surface area (Å²) in [5.41, 5.74) is 1.33. The molecule has 0 atom stereocenters. The van der Waals surface area contributed by atoms with Crippen LogP contribution in [-0.2, 0) is 17.7 Å². The molecule has 1 aliphatic heterocycles. The van der Waals surface area contributed by atoms with Crippen molar-refractivity contribution in [2.24, 2.45) is 0 Å². The van der Waals surface area contributed by atoms with Crippen molar-refractivity contribution in [3.8, 4) is 17.2 Å². The SMILES string of the molecule is CCOC(=O)Nc1nc2c(s1)CN(C(=O)c1cc(OC)c(OC)c(OC)c1)CC2. The van der Waals surface area contributed by atoms with E-state index in [9.17, 15) is 9.59 Å². The van der Waals surface area contributed by atoms with Gasteiger partial charge in [0.15, 0.2) is 16.6 Å². The monoisotopic (exact) mass is 421 g/mol. The third-order valence-corrected chi connectivity index (χ3v) is 5.41. The summed E-state index contributed by atoms with van der Waals surface area (Å²) in [6, 6.07) is 3.28. The van der Waals surface area contributed by atoms with Gasteiger partial charge >= 0.3 is 6.09 Å². The number of nitrogens with zero attached hydrogens (tertiary/aromatic N) is 2. The van der Waals surface area contributed by atoms with Crippen LogP contribution in [0.5, 0.6) is 17.2 Å². The summed E-state index contributed by atoms with van der Waals surface area (Å²) < 4.78 is 20.9. The first kappa shape index (κ1) is 20.7. The number of hydrogen-bond donors (Lipinski definition) is 1. The van der Waals surface area contributed by atoms with E-state index < -0.39 is 6.09 Å². The normalized spacial score (nSPS) is 12.8. The first-order valence-corrected chi connectivity index (χ1v) is 9.84. The summed E-state index contributed by atoms with van der Waals surface area (Å²) in [7, 11) is 4.53. The molecule has 2 amide bonds. The van der Waals surface area contributed by atoms with E-state index in [1.807, 2.05) is 0 Å². The van der Waals surface area contributed by atoms with E-state index in [1.165, 1.54) is 32.7 Å². The van der Waals surface area contributed by atoms with E-state index >= 15 is 0 Å². The van der Waals surface area contributed by atoms with Gasteiger partial charge in [-0.2, -0.15) is 0 Å². The number of methoxy groups -OCH3 is 3. The van der Waals surface area contributed by atoms with Crippen molar-refractivity contribution in [3.63, 3.8) is 0 Å². The number of carbonyl (C=O) groups is 2. The maximum Gasteiger partial charge on any atom is 0.413 e. The minimum atomic E-state index is -0.538. The summed E-state index contributed by atoms with van der Waals surface area (Å²) in [6.07, 6.45) is 0.0657. The van der Waals surface area contributed by atoms with Crippen LogP contribution in [-0.4, -0.2) is 56.4 Å². The van der Waals surface area contributed by atoms with Gasteiger partial charge < -0.3 is 23.8 Å². The maximum absolute atomic E-state index is 13.1. The largest absolute Gasteiger partial charge is 0.493 e. The lowest BCUT2D eigenvalue weighted by Crippen LogP contribution is -2.35. The molecule has 0 saturated carbocycles. The van der Waals surface area contributed by atoms with Gasteiger partial charge in [0.2, 0.25) is 5.75 Å². The van der Waals surface area contributed by atoms with Crippen LogP contribution >= 0.6 is 11.3 Å². The average Bonchev–Trinajstić information content (AvgIpc) is 3.13. The lowest BCUT2D eigenvalue weighted by Gasteiger charge is -2.26. The Kier molecular flexibility index (Phi) is 6.42. The zero-order chi connectivity index (χ0) is 21.0. The third kappa shape index (κ3) is 4.37. The second-order valence-corrected chi connectivity index (χ2v) is 7.21. The molecule has 1 aromatic carbocycles. The van der Waals surface area contributed by atoms with E-state index in [-0.39, 0.29) is 12.5 Å². The van der Waals surface area contributed by atoms with Crippen LogP contribution in [0.4, 0.5) is 9.93 Å². The van der Waals surface area contributed by atoms with Crippen LogP contribution in [0.3, 0.4) is 0 Å². The van der Waals surface area contributed by atoms with Gasteiger partial charge in [0, 0.05) is 23.4 Å². The van der Waals surface area contributed by atoms with Gasteiger partial charge in [-0.25, -0.2) is 9.78 Å². The molecule has 3 rings (SSSR count). The molecule has 2 aromatic rings. The van der Waals surface area contributed by atoms with Crippen LogP contribution in [0, 0.1) is 0 Å². The third-order valence-electron chi connectivity index (χ3n) is 4.41. The first-order valence-electron chi connectivity index (χ1n) is 9.02. The highest BCUT2D eigenvalue weighted by molar-refractivity contribution is 7.15. The number of anilines is 1. The Balaban J connectivity index is 1.79. The van der Waals surface area contributed by atoms with Crippen LogP contribution in [0.25, 0.3) is 0 Å². The topological polar surface area (TPSA) is 99.2 Å². The van der Waals surface area contributed by atoms with Gasteiger partial charge in [-0.05, 0) is 19.1 Å². The molecule has 9 nitrogen and oxygen atoms in total. The van der Waals surface area contributed by atoms with Gasteiger partial charge in [0.1, 0.15) is 0 Å². The van der Waals surface area contributed by atoms with Gasteiger partial charge in [0.25, 0.3) is 5.91 Å². The fourth-order valence-corrected chi connectivity index (χ4v) is 4.07. The van der Waals surface area contributed by atoms with Crippen molar-refractivity contribution in [1.82, 2.24) is 9.88 Å². The molecule has 1 aliphatic rings. The van der Waals surface area contributed by atoms with Crippen LogP contribution in [0.15, 0.2) is 12.1 Å². The highest BCUT2D eigenvalue weighted by Gasteiger charge is 2.27. The molecule has 1 N–H and O–H groups in total. The number of carbonyl (C=O) groups excluding carboxylic acids is 2. The Hall–Kier alpha value is -3.01. The molecule has 0 aliphatic carbocycles. The smallest absolute Gasteiger partial charge is 0.413 e. The summed E-state index contributed by atoms with van der Waals surface area (Å²) in [6.45, 7) is 2.95. The molecule has 156 valence electrons. The molecule has 0 saturated heterocycles. The van der Waals surface area contributed by atoms with Crippen molar-refractivity contribution in [2.45, 2.75) is 19.9 Å². The van der Waals surface area contributed by atoms with Gasteiger partial charge in [-0.3, -0.25) is 10.1 Å². The van der Waals surface area contributed by atoms with E-state index in [1.54, 1.807) is 24.0 Å². The molecule has 10 heteroatoms. The van der Waals surface area contributed by atoms with E-state index in [2.05, 4.69) is 10.3 Å². The predicted octanol–water partition coefficient (Wildman–Crippen LogP) is 2.94. The molecule has 0 bridgehead atoms. The molecule has 0 spiro atoms. The number of ether oxygens (including phenoxy) is 4. The van der Waals surface area contributed by atoms with Crippen molar-refractivity contribution < 1.29 is 28.5 Å². The second kappa shape index (κ2) is 8.99. The summed E-state index contributed by atoms with van der Waals surface area (Å²) >= 11 is 1.34. The highest BCUT2D eigenvalue weighted by Crippen LogP contribution is 2.39. The predicted molar refractivity (Wildman–Crippen MR) is 107 cm³/mol. The molecular weight excluding hydrogens is 398 g/mol. The fourth-order valence-electron chi connectivity index (χ4n) is 3.06. The van der Waals surface area contributed by atoms with Crippen LogP contribution < -0.4 is 19.5 Å². The first-order chi connectivity index (χ1) is 14.0. The number of benzene rings is 1. The minimum Gasteiger partial charge on any atom is -0.493 e. The standard InChI is InChI=1S/C19H23N3O6S/c1-5-28-19(24)21-18-20-12-6-7-22(10-15(12)29-18)17(23)11-8-13(25-2)16(27-4)14(9-11)26-3/h8-9H,5-7,10H2,1-4H3,(H,20,21,24).